The van der Waals surface area contributed by atoms with Gasteiger partial charge in [-0.05, 0) is 24.8 Å². The zero-order chi connectivity index (χ0) is 11.9. The number of rotatable bonds is 7. The van der Waals surface area contributed by atoms with Crippen molar-refractivity contribution in [3.8, 4) is 0 Å². The van der Waals surface area contributed by atoms with Gasteiger partial charge in [-0.1, -0.05) is 20.8 Å². The molecular formula is C13H28N2S. The predicted octanol–water partition coefficient (Wildman–Crippen LogP) is 2.45. The van der Waals surface area contributed by atoms with Crippen molar-refractivity contribution >= 4 is 11.8 Å². The molecule has 0 atom stereocenters. The second kappa shape index (κ2) is 7.57. The van der Waals surface area contributed by atoms with Gasteiger partial charge >= 0.3 is 0 Å². The normalized spacial score (nSPS) is 18.9. The largest absolute Gasteiger partial charge is 0.316 e. The van der Waals surface area contributed by atoms with E-state index in [1.165, 1.54) is 50.5 Å². The molecule has 16 heavy (non-hydrogen) atoms. The molecule has 0 aromatic carbocycles. The van der Waals surface area contributed by atoms with Crippen LogP contribution in [-0.2, 0) is 0 Å². The molecule has 1 aliphatic heterocycles. The lowest BCUT2D eigenvalue weighted by Gasteiger charge is -2.39. The number of nitrogens with one attached hydrogen (secondary N) is 1. The maximum Gasteiger partial charge on any atom is 0.00729 e. The molecular weight excluding hydrogens is 216 g/mol. The molecule has 0 saturated carbocycles. The van der Waals surface area contributed by atoms with Crippen molar-refractivity contribution in [3.05, 3.63) is 0 Å². The summed E-state index contributed by atoms with van der Waals surface area (Å²) in [5.74, 6) is 2.65. The molecule has 0 aromatic rings. The van der Waals surface area contributed by atoms with Gasteiger partial charge in [-0.25, -0.2) is 0 Å². The summed E-state index contributed by atoms with van der Waals surface area (Å²) in [5, 5.41) is 3.55. The fourth-order valence-corrected chi connectivity index (χ4v) is 3.38. The molecule has 0 aromatic heterocycles. The van der Waals surface area contributed by atoms with Crippen LogP contribution in [0.25, 0.3) is 0 Å². The molecule has 1 rings (SSSR count). The molecule has 1 saturated heterocycles. The molecule has 1 fully saturated rings. The van der Waals surface area contributed by atoms with E-state index >= 15 is 0 Å². The second-order valence-electron chi connectivity index (χ2n) is 4.88. The summed E-state index contributed by atoms with van der Waals surface area (Å²) >= 11 is 2.10. The topological polar surface area (TPSA) is 15.3 Å². The summed E-state index contributed by atoms with van der Waals surface area (Å²) in [6.07, 6.45) is 2.58. The highest BCUT2D eigenvalue weighted by Crippen LogP contribution is 2.28. The van der Waals surface area contributed by atoms with Crippen LogP contribution in [0.1, 0.15) is 33.6 Å². The molecule has 0 unspecified atom stereocenters. The maximum atomic E-state index is 3.55. The Kier molecular flexibility index (Phi) is 6.78. The van der Waals surface area contributed by atoms with Crippen molar-refractivity contribution in [3.63, 3.8) is 0 Å². The lowest BCUT2D eigenvalue weighted by molar-refractivity contribution is 0.144. The third-order valence-corrected chi connectivity index (χ3v) is 4.86. The van der Waals surface area contributed by atoms with Crippen LogP contribution in [0.15, 0.2) is 0 Å². The third kappa shape index (κ3) is 4.27. The van der Waals surface area contributed by atoms with Crippen LogP contribution in [0.2, 0.25) is 0 Å². The van der Waals surface area contributed by atoms with E-state index in [1.54, 1.807) is 0 Å². The zero-order valence-electron chi connectivity index (χ0n) is 11.2. The minimum Gasteiger partial charge on any atom is -0.316 e. The van der Waals surface area contributed by atoms with Crippen LogP contribution in [0.4, 0.5) is 0 Å². The Balaban J connectivity index is 2.46. The molecule has 0 spiro atoms. The quantitative estimate of drug-likeness (QED) is 0.740. The van der Waals surface area contributed by atoms with Crippen LogP contribution < -0.4 is 5.32 Å². The van der Waals surface area contributed by atoms with Crippen molar-refractivity contribution in [2.24, 2.45) is 5.41 Å². The van der Waals surface area contributed by atoms with Crippen LogP contribution in [0.5, 0.6) is 0 Å². The summed E-state index contributed by atoms with van der Waals surface area (Å²) < 4.78 is 0. The molecule has 1 heterocycles. The molecule has 0 radical (unpaired) electrons. The van der Waals surface area contributed by atoms with Gasteiger partial charge in [0.25, 0.3) is 0 Å². The highest BCUT2D eigenvalue weighted by molar-refractivity contribution is 7.99. The lowest BCUT2D eigenvalue weighted by atomic mass is 9.81. The molecule has 0 amide bonds. The first kappa shape index (κ1) is 14.3. The Bertz CT molecular complexity index is 175. The van der Waals surface area contributed by atoms with E-state index in [-0.39, 0.29) is 0 Å². The Hall–Kier alpha value is 0.270. The van der Waals surface area contributed by atoms with E-state index in [4.69, 9.17) is 0 Å². The first-order chi connectivity index (χ1) is 7.76. The van der Waals surface area contributed by atoms with Crippen LogP contribution in [-0.4, -0.2) is 49.1 Å². The Labute approximate surface area is 106 Å². The first-order valence-corrected chi connectivity index (χ1v) is 7.92. The SMILES string of the molecule is CCNCC(CC)(CC)CN1CCSCC1. The van der Waals surface area contributed by atoms with E-state index in [0.29, 0.717) is 5.41 Å². The number of nitrogens with zero attached hydrogens (tertiary/aromatic N) is 1. The van der Waals surface area contributed by atoms with Gasteiger partial charge in [0.05, 0.1) is 0 Å². The lowest BCUT2D eigenvalue weighted by Crippen LogP contribution is -2.46. The van der Waals surface area contributed by atoms with Crippen LogP contribution in [0.3, 0.4) is 0 Å². The highest BCUT2D eigenvalue weighted by Gasteiger charge is 2.28. The number of thioether (sulfide) groups is 1. The molecule has 96 valence electrons. The molecule has 0 aliphatic carbocycles. The number of hydrogen-bond donors (Lipinski definition) is 1. The van der Waals surface area contributed by atoms with Crippen molar-refractivity contribution in [1.82, 2.24) is 10.2 Å². The van der Waals surface area contributed by atoms with Gasteiger partial charge in [-0.15, -0.1) is 0 Å². The molecule has 2 nitrogen and oxygen atoms in total. The van der Waals surface area contributed by atoms with Gasteiger partial charge in [0.15, 0.2) is 0 Å². The summed E-state index contributed by atoms with van der Waals surface area (Å²) in [6.45, 7) is 13.0. The van der Waals surface area contributed by atoms with Gasteiger partial charge in [-0.3, -0.25) is 0 Å². The fourth-order valence-electron chi connectivity index (χ4n) is 2.40. The standard InChI is InChI=1S/C13H28N2S/c1-4-13(5-2,11-14-6-3)12-15-7-9-16-10-8-15/h14H,4-12H2,1-3H3. The number of hydrogen-bond acceptors (Lipinski definition) is 3. The molecule has 3 heteroatoms. The minimum atomic E-state index is 0.498. The van der Waals surface area contributed by atoms with Gasteiger partial charge in [0.2, 0.25) is 0 Å². The third-order valence-electron chi connectivity index (χ3n) is 3.91. The second-order valence-corrected chi connectivity index (χ2v) is 6.10. The predicted molar refractivity (Wildman–Crippen MR) is 75.3 cm³/mol. The Morgan fingerprint density at radius 3 is 2.25 bits per heavy atom. The minimum absolute atomic E-state index is 0.498. The Morgan fingerprint density at radius 1 is 1.12 bits per heavy atom. The van der Waals surface area contributed by atoms with E-state index in [1.807, 2.05) is 0 Å². The summed E-state index contributed by atoms with van der Waals surface area (Å²) in [7, 11) is 0. The molecule has 1 N–H and O–H groups in total. The van der Waals surface area contributed by atoms with Gasteiger partial charge in [0.1, 0.15) is 0 Å². The summed E-state index contributed by atoms with van der Waals surface area (Å²) in [5.41, 5.74) is 0.498. The zero-order valence-corrected chi connectivity index (χ0v) is 12.0. The summed E-state index contributed by atoms with van der Waals surface area (Å²) in [4.78, 5) is 2.67. The average Bonchev–Trinajstić information content (AvgIpc) is 2.36. The van der Waals surface area contributed by atoms with Gasteiger partial charge < -0.3 is 10.2 Å². The average molecular weight is 244 g/mol. The Morgan fingerprint density at radius 2 is 1.75 bits per heavy atom. The monoisotopic (exact) mass is 244 g/mol. The van der Waals surface area contributed by atoms with E-state index in [2.05, 4.69) is 42.7 Å². The van der Waals surface area contributed by atoms with Crippen molar-refractivity contribution in [2.75, 3.05) is 44.2 Å². The van der Waals surface area contributed by atoms with E-state index < -0.39 is 0 Å². The van der Waals surface area contributed by atoms with Crippen molar-refractivity contribution in [1.29, 1.82) is 0 Å². The van der Waals surface area contributed by atoms with Crippen LogP contribution >= 0.6 is 11.8 Å². The highest BCUT2D eigenvalue weighted by atomic mass is 32.2. The summed E-state index contributed by atoms with van der Waals surface area (Å²) in [6, 6.07) is 0. The van der Waals surface area contributed by atoms with E-state index in [9.17, 15) is 0 Å². The van der Waals surface area contributed by atoms with E-state index in [0.717, 1.165) is 6.54 Å². The smallest absolute Gasteiger partial charge is 0.00729 e. The van der Waals surface area contributed by atoms with Gasteiger partial charge in [-0.2, -0.15) is 11.8 Å². The molecule has 1 aliphatic rings. The fraction of sp³-hybridized carbons (Fsp3) is 1.00. The van der Waals surface area contributed by atoms with Crippen LogP contribution in [0, 0.1) is 5.41 Å². The van der Waals surface area contributed by atoms with Crippen molar-refractivity contribution in [2.45, 2.75) is 33.6 Å². The molecule has 0 bridgehead atoms. The van der Waals surface area contributed by atoms with Crippen molar-refractivity contribution < 1.29 is 0 Å². The van der Waals surface area contributed by atoms with Gasteiger partial charge in [0, 0.05) is 37.7 Å². The maximum absolute atomic E-state index is 3.55. The first-order valence-electron chi connectivity index (χ1n) is 6.77.